The number of carbonyl (C=O) groups excluding carboxylic acids is 3. The molecular formula is C33H36N2O5. The minimum absolute atomic E-state index is 0.0325. The largest absolute Gasteiger partial charge is 0.496 e. The Hall–Kier alpha value is -4.13. The van der Waals surface area contributed by atoms with E-state index >= 15 is 0 Å². The summed E-state index contributed by atoms with van der Waals surface area (Å²) in [5.74, 6) is -0.290. The van der Waals surface area contributed by atoms with Crippen LogP contribution in [0.15, 0.2) is 78.9 Å². The number of amides is 2. The van der Waals surface area contributed by atoms with E-state index in [2.05, 4.69) is 5.32 Å². The SMILES string of the molecule is CCCOC(=O)[C@@]1(c2ccccc2)CC[C@H](C(=O)N2CCC(NC(=O)c3ccccc3OC)C2)c2ccccc21. The van der Waals surface area contributed by atoms with Crippen LogP contribution in [0.4, 0.5) is 0 Å². The molecule has 40 heavy (non-hydrogen) atoms. The molecule has 1 aliphatic heterocycles. The highest BCUT2D eigenvalue weighted by Gasteiger charge is 2.50. The van der Waals surface area contributed by atoms with Crippen LogP contribution in [0.1, 0.15) is 65.6 Å². The molecule has 1 unspecified atom stereocenters. The Bertz CT molecular complexity index is 1370. The fourth-order valence-corrected chi connectivity index (χ4v) is 6.16. The second kappa shape index (κ2) is 11.9. The number of carbonyl (C=O) groups is 3. The number of nitrogens with zero attached hydrogens (tertiary/aromatic N) is 1. The average molecular weight is 541 g/mol. The van der Waals surface area contributed by atoms with Gasteiger partial charge in [-0.25, -0.2) is 0 Å². The van der Waals surface area contributed by atoms with Crippen molar-refractivity contribution in [1.29, 1.82) is 0 Å². The van der Waals surface area contributed by atoms with Gasteiger partial charge < -0.3 is 19.7 Å². The molecule has 1 heterocycles. The van der Waals surface area contributed by atoms with Crippen LogP contribution in [0.25, 0.3) is 0 Å². The lowest BCUT2D eigenvalue weighted by molar-refractivity contribution is -0.150. The molecule has 3 atom stereocenters. The molecule has 1 N–H and O–H groups in total. The highest BCUT2D eigenvalue weighted by molar-refractivity contribution is 5.97. The molecule has 0 spiro atoms. The number of benzene rings is 3. The fourth-order valence-electron chi connectivity index (χ4n) is 6.16. The second-order valence-corrected chi connectivity index (χ2v) is 10.5. The molecular weight excluding hydrogens is 504 g/mol. The number of likely N-dealkylation sites (tertiary alicyclic amines) is 1. The van der Waals surface area contributed by atoms with Crippen LogP contribution in [-0.4, -0.2) is 55.5 Å². The monoisotopic (exact) mass is 540 g/mol. The number of hydrogen-bond acceptors (Lipinski definition) is 5. The zero-order valence-electron chi connectivity index (χ0n) is 23.1. The van der Waals surface area contributed by atoms with Gasteiger partial charge in [0.05, 0.1) is 25.2 Å². The lowest BCUT2D eigenvalue weighted by Gasteiger charge is -2.41. The first kappa shape index (κ1) is 27.4. The topological polar surface area (TPSA) is 84.9 Å². The predicted octanol–water partition coefficient (Wildman–Crippen LogP) is 4.84. The van der Waals surface area contributed by atoms with Gasteiger partial charge in [-0.3, -0.25) is 14.4 Å². The molecule has 3 aromatic rings. The van der Waals surface area contributed by atoms with Crippen molar-refractivity contribution in [2.75, 3.05) is 26.8 Å². The molecule has 0 saturated carbocycles. The fraction of sp³-hybridized carbons (Fsp3) is 0.364. The summed E-state index contributed by atoms with van der Waals surface area (Å²) >= 11 is 0. The van der Waals surface area contributed by atoms with Gasteiger partial charge in [0.2, 0.25) is 5.91 Å². The zero-order chi connectivity index (χ0) is 28.1. The van der Waals surface area contributed by atoms with Crippen LogP contribution in [0.5, 0.6) is 5.75 Å². The lowest BCUT2D eigenvalue weighted by atomic mass is 9.63. The molecule has 5 rings (SSSR count). The van der Waals surface area contributed by atoms with Gasteiger partial charge in [-0.1, -0.05) is 73.7 Å². The maximum atomic E-state index is 13.9. The Labute approximate surface area is 235 Å². The molecule has 1 saturated heterocycles. The third-order valence-corrected chi connectivity index (χ3v) is 8.14. The Morgan fingerprint density at radius 1 is 0.950 bits per heavy atom. The first-order chi connectivity index (χ1) is 19.5. The zero-order valence-corrected chi connectivity index (χ0v) is 23.1. The predicted molar refractivity (Wildman–Crippen MR) is 152 cm³/mol. The van der Waals surface area contributed by atoms with Crippen molar-refractivity contribution in [2.45, 2.75) is 50.0 Å². The van der Waals surface area contributed by atoms with Crippen molar-refractivity contribution in [2.24, 2.45) is 0 Å². The van der Waals surface area contributed by atoms with Crippen molar-refractivity contribution in [3.8, 4) is 5.75 Å². The van der Waals surface area contributed by atoms with E-state index in [1.54, 1.807) is 25.3 Å². The average Bonchev–Trinajstić information content (AvgIpc) is 3.47. The van der Waals surface area contributed by atoms with Crippen LogP contribution in [0, 0.1) is 0 Å². The first-order valence-corrected chi connectivity index (χ1v) is 14.0. The van der Waals surface area contributed by atoms with Crippen LogP contribution < -0.4 is 10.1 Å². The van der Waals surface area contributed by atoms with Crippen molar-refractivity contribution in [1.82, 2.24) is 10.2 Å². The summed E-state index contributed by atoms with van der Waals surface area (Å²) in [5.41, 5.74) is 2.11. The van der Waals surface area contributed by atoms with Gasteiger partial charge in [0, 0.05) is 19.1 Å². The summed E-state index contributed by atoms with van der Waals surface area (Å²) < 4.78 is 11.1. The summed E-state index contributed by atoms with van der Waals surface area (Å²) in [6.07, 6.45) is 2.43. The van der Waals surface area contributed by atoms with Crippen LogP contribution in [-0.2, 0) is 19.7 Å². The molecule has 0 radical (unpaired) electrons. The van der Waals surface area contributed by atoms with Gasteiger partial charge in [-0.05, 0) is 54.5 Å². The maximum Gasteiger partial charge on any atom is 0.321 e. The molecule has 208 valence electrons. The molecule has 2 aliphatic rings. The molecule has 1 aliphatic carbocycles. The minimum Gasteiger partial charge on any atom is -0.496 e. The molecule has 7 heteroatoms. The Morgan fingerprint density at radius 2 is 1.68 bits per heavy atom. The number of rotatable bonds is 8. The molecule has 1 fully saturated rings. The molecule has 3 aromatic carbocycles. The van der Waals surface area contributed by atoms with Gasteiger partial charge >= 0.3 is 5.97 Å². The number of hydrogen-bond donors (Lipinski definition) is 1. The molecule has 0 aromatic heterocycles. The van der Waals surface area contributed by atoms with E-state index < -0.39 is 5.41 Å². The van der Waals surface area contributed by atoms with Gasteiger partial charge in [0.25, 0.3) is 5.91 Å². The maximum absolute atomic E-state index is 13.9. The number of methoxy groups -OCH3 is 1. The van der Waals surface area contributed by atoms with Crippen LogP contribution in [0.2, 0.25) is 0 Å². The van der Waals surface area contributed by atoms with E-state index in [0.717, 1.165) is 23.1 Å². The van der Waals surface area contributed by atoms with Crippen LogP contribution >= 0.6 is 0 Å². The number of nitrogens with one attached hydrogen (secondary N) is 1. The Kier molecular flexibility index (Phi) is 8.19. The quantitative estimate of drug-likeness (QED) is 0.413. The summed E-state index contributed by atoms with van der Waals surface area (Å²) in [4.78, 5) is 42.4. The standard InChI is InChI=1S/C33H36N2O5/c1-3-21-40-32(38)33(23-11-5-4-6-12-23)19-17-26(25-13-7-9-15-28(25)33)31(37)35-20-18-24(22-35)34-30(36)27-14-8-10-16-29(27)39-2/h4-16,24,26H,3,17-22H2,1-2H3,(H,34,36)/t24?,26-,33+/m0/s1. The first-order valence-electron chi connectivity index (χ1n) is 14.0. The third kappa shape index (κ3) is 5.08. The van der Waals surface area contributed by atoms with Gasteiger partial charge in [-0.2, -0.15) is 0 Å². The Balaban J connectivity index is 1.37. The second-order valence-electron chi connectivity index (χ2n) is 10.5. The number of fused-ring (bicyclic) bond motifs is 1. The van der Waals surface area contributed by atoms with Crippen molar-refractivity contribution in [3.63, 3.8) is 0 Å². The summed E-state index contributed by atoms with van der Waals surface area (Å²) in [6.45, 7) is 3.35. The van der Waals surface area contributed by atoms with E-state index in [-0.39, 0.29) is 29.7 Å². The van der Waals surface area contributed by atoms with E-state index in [0.29, 0.717) is 50.3 Å². The van der Waals surface area contributed by atoms with E-state index in [1.807, 2.05) is 72.5 Å². The van der Waals surface area contributed by atoms with Crippen molar-refractivity contribution in [3.05, 3.63) is 101 Å². The van der Waals surface area contributed by atoms with E-state index in [9.17, 15) is 14.4 Å². The number of ether oxygens (including phenoxy) is 2. The normalized spacial score (nSPS) is 21.8. The summed E-state index contributed by atoms with van der Waals surface area (Å²) in [5, 5.41) is 3.07. The van der Waals surface area contributed by atoms with Crippen LogP contribution in [0.3, 0.4) is 0 Å². The van der Waals surface area contributed by atoms with Gasteiger partial charge in [0.1, 0.15) is 11.2 Å². The number of esters is 1. The van der Waals surface area contributed by atoms with E-state index in [1.165, 1.54) is 0 Å². The summed E-state index contributed by atoms with van der Waals surface area (Å²) in [7, 11) is 1.54. The molecule has 2 amide bonds. The van der Waals surface area contributed by atoms with Gasteiger partial charge in [-0.15, -0.1) is 0 Å². The van der Waals surface area contributed by atoms with E-state index in [4.69, 9.17) is 9.47 Å². The highest BCUT2D eigenvalue weighted by Crippen LogP contribution is 2.48. The Morgan fingerprint density at radius 3 is 2.45 bits per heavy atom. The third-order valence-electron chi connectivity index (χ3n) is 8.14. The summed E-state index contributed by atoms with van der Waals surface area (Å²) in [6, 6.07) is 24.5. The smallest absolute Gasteiger partial charge is 0.321 e. The number of para-hydroxylation sites is 1. The van der Waals surface area contributed by atoms with Crippen molar-refractivity contribution >= 4 is 17.8 Å². The molecule has 7 nitrogen and oxygen atoms in total. The minimum atomic E-state index is -0.958. The van der Waals surface area contributed by atoms with Crippen molar-refractivity contribution < 1.29 is 23.9 Å². The lowest BCUT2D eigenvalue weighted by Crippen LogP contribution is -2.45. The van der Waals surface area contributed by atoms with Gasteiger partial charge in [0.15, 0.2) is 0 Å². The highest BCUT2D eigenvalue weighted by atomic mass is 16.5. The molecule has 0 bridgehead atoms.